The number of hydrogen-bond acceptors (Lipinski definition) is 7. The molecule has 2 aromatic heterocycles. The summed E-state index contributed by atoms with van der Waals surface area (Å²) in [5.41, 5.74) is 4.17. The fraction of sp³-hybridized carbons (Fsp3) is 0.250. The molecule has 5 rings (SSSR count). The lowest BCUT2D eigenvalue weighted by molar-refractivity contribution is -0.135. The monoisotopic (exact) mass is 533 g/mol. The number of nitrogens with zero attached hydrogens (tertiary/aromatic N) is 2. The number of H-pyrrole nitrogens is 1. The SMILES string of the molecule is CC(=O)O.CC(=O)O.O=C(Nc1cccc(-c2cnco2)c1)C1(c2ccc(-c3cn[nH]c3)cc2)CCNCC1. The minimum Gasteiger partial charge on any atom is -0.481 e. The molecule has 0 bridgehead atoms. The summed E-state index contributed by atoms with van der Waals surface area (Å²) in [7, 11) is 0. The van der Waals surface area contributed by atoms with Crippen LogP contribution in [0.3, 0.4) is 0 Å². The van der Waals surface area contributed by atoms with E-state index in [0.29, 0.717) is 5.76 Å². The summed E-state index contributed by atoms with van der Waals surface area (Å²) in [5, 5.41) is 28.2. The van der Waals surface area contributed by atoms with E-state index in [4.69, 9.17) is 24.2 Å². The molecule has 11 heteroatoms. The Balaban J connectivity index is 0.000000466. The maximum atomic E-state index is 13.6. The third-order valence-electron chi connectivity index (χ3n) is 6.00. The molecular formula is C28H31N5O6. The van der Waals surface area contributed by atoms with Crippen LogP contribution in [0.25, 0.3) is 22.5 Å². The largest absolute Gasteiger partial charge is 0.481 e. The number of anilines is 1. The van der Waals surface area contributed by atoms with Crippen LogP contribution in [-0.4, -0.2) is 56.3 Å². The summed E-state index contributed by atoms with van der Waals surface area (Å²) in [6, 6.07) is 15.9. The molecule has 1 aliphatic rings. The number of carbonyl (C=O) groups excluding carboxylic acids is 1. The molecule has 2 aromatic carbocycles. The van der Waals surface area contributed by atoms with Gasteiger partial charge in [0.2, 0.25) is 5.91 Å². The number of aromatic amines is 1. The van der Waals surface area contributed by atoms with Crippen LogP contribution in [0.2, 0.25) is 0 Å². The second kappa shape index (κ2) is 13.7. The number of rotatable bonds is 5. The van der Waals surface area contributed by atoms with Crippen molar-refractivity contribution < 1.29 is 29.0 Å². The fourth-order valence-electron chi connectivity index (χ4n) is 4.25. The highest BCUT2D eigenvalue weighted by Gasteiger charge is 2.41. The van der Waals surface area contributed by atoms with Crippen LogP contribution in [0.15, 0.2) is 77.9 Å². The second-order valence-corrected chi connectivity index (χ2v) is 8.84. The number of carbonyl (C=O) groups is 3. The molecule has 0 radical (unpaired) electrons. The van der Waals surface area contributed by atoms with Crippen LogP contribution < -0.4 is 10.6 Å². The predicted octanol–water partition coefficient (Wildman–Crippen LogP) is 4.17. The van der Waals surface area contributed by atoms with E-state index in [9.17, 15) is 4.79 Å². The predicted molar refractivity (Wildman–Crippen MR) is 145 cm³/mol. The normalized spacial score (nSPS) is 13.6. The van der Waals surface area contributed by atoms with Gasteiger partial charge >= 0.3 is 0 Å². The molecule has 0 unspecified atom stereocenters. The zero-order valence-electron chi connectivity index (χ0n) is 21.7. The third-order valence-corrected chi connectivity index (χ3v) is 6.00. The Hall–Kier alpha value is -4.77. The van der Waals surface area contributed by atoms with Crippen LogP contribution in [0.1, 0.15) is 32.3 Å². The lowest BCUT2D eigenvalue weighted by Gasteiger charge is -2.37. The third kappa shape index (κ3) is 8.11. The molecule has 5 N–H and O–H groups in total. The zero-order valence-corrected chi connectivity index (χ0v) is 21.7. The number of carboxylic acids is 2. The summed E-state index contributed by atoms with van der Waals surface area (Å²) >= 11 is 0. The first-order valence-corrected chi connectivity index (χ1v) is 12.2. The van der Waals surface area contributed by atoms with E-state index in [2.05, 4.69) is 50.1 Å². The molecule has 4 aromatic rings. The van der Waals surface area contributed by atoms with Gasteiger partial charge in [0.15, 0.2) is 12.2 Å². The molecular weight excluding hydrogens is 502 g/mol. The minimum absolute atomic E-state index is 0.0137. The average Bonchev–Trinajstić information content (AvgIpc) is 3.64. The Labute approximate surface area is 225 Å². The van der Waals surface area contributed by atoms with Gasteiger partial charge in [-0.1, -0.05) is 36.4 Å². The smallest absolute Gasteiger partial charge is 0.300 e. The van der Waals surface area contributed by atoms with Crippen LogP contribution >= 0.6 is 0 Å². The van der Waals surface area contributed by atoms with Gasteiger partial charge in [-0.25, -0.2) is 4.98 Å². The van der Waals surface area contributed by atoms with Gasteiger partial charge in [-0.15, -0.1) is 0 Å². The molecule has 3 heterocycles. The van der Waals surface area contributed by atoms with Crippen LogP contribution in [0, 0.1) is 0 Å². The van der Waals surface area contributed by atoms with Crippen LogP contribution in [0.4, 0.5) is 5.69 Å². The van der Waals surface area contributed by atoms with Gasteiger partial charge in [-0.2, -0.15) is 5.10 Å². The number of aliphatic carboxylic acids is 2. The Bertz CT molecular complexity index is 1330. The number of amides is 1. The summed E-state index contributed by atoms with van der Waals surface area (Å²) in [6.07, 6.45) is 8.21. The van der Waals surface area contributed by atoms with E-state index in [-0.39, 0.29) is 5.91 Å². The van der Waals surface area contributed by atoms with E-state index < -0.39 is 17.4 Å². The second-order valence-electron chi connectivity index (χ2n) is 8.84. The van der Waals surface area contributed by atoms with Gasteiger partial charge in [0, 0.05) is 36.9 Å². The van der Waals surface area contributed by atoms with Gasteiger partial charge in [0.05, 0.1) is 17.8 Å². The molecule has 11 nitrogen and oxygen atoms in total. The quantitative estimate of drug-likeness (QED) is 0.252. The van der Waals surface area contributed by atoms with Crippen molar-refractivity contribution in [3.63, 3.8) is 0 Å². The van der Waals surface area contributed by atoms with Crippen molar-refractivity contribution in [2.45, 2.75) is 32.1 Å². The van der Waals surface area contributed by atoms with Crippen molar-refractivity contribution >= 4 is 23.5 Å². The molecule has 0 spiro atoms. The lowest BCUT2D eigenvalue weighted by Crippen LogP contribution is -2.48. The van der Waals surface area contributed by atoms with E-state index in [1.54, 1.807) is 12.4 Å². The van der Waals surface area contributed by atoms with Crippen molar-refractivity contribution in [3.8, 4) is 22.5 Å². The molecule has 1 fully saturated rings. The Morgan fingerprint density at radius 2 is 1.59 bits per heavy atom. The highest BCUT2D eigenvalue weighted by molar-refractivity contribution is 5.99. The first-order valence-electron chi connectivity index (χ1n) is 12.2. The Morgan fingerprint density at radius 3 is 2.15 bits per heavy atom. The molecule has 204 valence electrons. The topological polar surface area (TPSA) is 170 Å². The molecule has 0 aliphatic carbocycles. The number of piperidine rings is 1. The summed E-state index contributed by atoms with van der Waals surface area (Å²) in [6.45, 7) is 3.77. The van der Waals surface area contributed by atoms with Crippen molar-refractivity contribution in [1.29, 1.82) is 0 Å². The number of oxazole rings is 1. The Kier molecular flexibility index (Phi) is 10.1. The summed E-state index contributed by atoms with van der Waals surface area (Å²) in [5.74, 6) is -0.984. The van der Waals surface area contributed by atoms with Crippen molar-refractivity contribution in [2.75, 3.05) is 18.4 Å². The van der Waals surface area contributed by atoms with Crippen LogP contribution in [0.5, 0.6) is 0 Å². The van der Waals surface area contributed by atoms with Gasteiger partial charge in [0.25, 0.3) is 11.9 Å². The van der Waals surface area contributed by atoms with E-state index in [1.807, 2.05) is 30.5 Å². The molecule has 0 atom stereocenters. The van der Waals surface area contributed by atoms with Crippen molar-refractivity contribution in [1.82, 2.24) is 20.5 Å². The van der Waals surface area contributed by atoms with Gasteiger partial charge in [-0.05, 0) is 49.2 Å². The first-order chi connectivity index (χ1) is 18.7. The first kappa shape index (κ1) is 28.8. The van der Waals surface area contributed by atoms with Gasteiger partial charge < -0.3 is 25.3 Å². The van der Waals surface area contributed by atoms with Gasteiger partial charge in [0.1, 0.15) is 0 Å². The number of benzene rings is 2. The summed E-state index contributed by atoms with van der Waals surface area (Å²) < 4.78 is 5.39. The average molecular weight is 534 g/mol. The van der Waals surface area contributed by atoms with E-state index in [1.165, 1.54) is 6.39 Å². The fourth-order valence-corrected chi connectivity index (χ4v) is 4.25. The van der Waals surface area contributed by atoms with Crippen LogP contribution in [-0.2, 0) is 19.8 Å². The maximum Gasteiger partial charge on any atom is 0.300 e. The highest BCUT2D eigenvalue weighted by atomic mass is 16.4. The van der Waals surface area contributed by atoms with Crippen molar-refractivity contribution in [3.05, 3.63) is 79.1 Å². The Morgan fingerprint density at radius 1 is 0.923 bits per heavy atom. The molecule has 39 heavy (non-hydrogen) atoms. The number of nitrogens with one attached hydrogen (secondary N) is 3. The molecule has 1 saturated heterocycles. The zero-order chi connectivity index (χ0) is 28.3. The molecule has 0 saturated carbocycles. The number of hydrogen-bond donors (Lipinski definition) is 5. The van der Waals surface area contributed by atoms with Crippen molar-refractivity contribution in [2.24, 2.45) is 0 Å². The van der Waals surface area contributed by atoms with E-state index >= 15 is 0 Å². The minimum atomic E-state index is -0.833. The van der Waals surface area contributed by atoms with Gasteiger partial charge in [-0.3, -0.25) is 19.5 Å². The molecule has 1 amide bonds. The lowest BCUT2D eigenvalue weighted by atomic mass is 9.72. The summed E-state index contributed by atoms with van der Waals surface area (Å²) in [4.78, 5) is 35.6. The standard InChI is InChI=1S/C24H23N5O2.2C2H4O2/c30-23(29-21-3-1-2-18(12-21)22-15-26-16-31-22)24(8-10-25-11-9-24)20-6-4-17(5-7-20)19-13-27-28-14-19;2*1-2(3)4/h1-7,12-16,25H,8-11H2,(H,27,28)(H,29,30);2*1H3,(H,3,4). The van der Waals surface area contributed by atoms with E-state index in [0.717, 1.165) is 67.7 Å². The molecule has 1 aliphatic heterocycles. The number of aromatic nitrogens is 3. The number of carboxylic acid groups (broad SMARTS) is 2. The maximum absolute atomic E-state index is 13.6. The highest BCUT2D eigenvalue weighted by Crippen LogP contribution is 2.36.